The number of rotatable bonds is 9. The van der Waals surface area contributed by atoms with E-state index in [0.29, 0.717) is 32.1 Å². The maximum absolute atomic E-state index is 12.4. The number of allylic oxidation sites excluding steroid dienone is 3. The number of aliphatic carboxylic acids is 1. The second-order valence-corrected chi connectivity index (χ2v) is 11.5. The van der Waals surface area contributed by atoms with Crippen molar-refractivity contribution in [3.05, 3.63) is 52.1 Å². The van der Waals surface area contributed by atoms with E-state index < -0.39 is 23.4 Å². The van der Waals surface area contributed by atoms with Crippen LogP contribution >= 0.6 is 0 Å². The van der Waals surface area contributed by atoms with Gasteiger partial charge in [-0.15, -0.1) is 0 Å². The zero-order valence-corrected chi connectivity index (χ0v) is 21.9. The van der Waals surface area contributed by atoms with Crippen LogP contribution in [0.1, 0.15) is 89.5 Å². The lowest BCUT2D eigenvalue weighted by Gasteiger charge is -2.47. The first-order valence-corrected chi connectivity index (χ1v) is 12.7. The molecule has 4 heteroatoms. The normalized spacial score (nSPS) is 28.4. The van der Waals surface area contributed by atoms with E-state index in [9.17, 15) is 19.8 Å². The fraction of sp³-hybridized carbons (Fsp3) is 0.600. The van der Waals surface area contributed by atoms with E-state index in [4.69, 9.17) is 0 Å². The molecule has 1 fully saturated rings. The molecule has 5 atom stereocenters. The van der Waals surface area contributed by atoms with Gasteiger partial charge in [-0.05, 0) is 68.7 Å². The minimum atomic E-state index is -0.826. The summed E-state index contributed by atoms with van der Waals surface area (Å²) < 4.78 is 0. The highest BCUT2D eigenvalue weighted by Crippen LogP contribution is 2.63. The molecule has 0 unspecified atom stereocenters. The monoisotopic (exact) mass is 466 g/mol. The van der Waals surface area contributed by atoms with E-state index >= 15 is 0 Å². The number of carbonyl (C=O) groups is 2. The number of hydrogen-bond donors (Lipinski definition) is 2. The van der Waals surface area contributed by atoms with Crippen molar-refractivity contribution in [2.45, 2.75) is 92.1 Å². The quantitative estimate of drug-likeness (QED) is 0.421. The molecular formula is C30H42O4. The first-order chi connectivity index (χ1) is 15.8. The molecule has 2 aliphatic rings. The van der Waals surface area contributed by atoms with Crippen LogP contribution in [0.3, 0.4) is 0 Å². The Hall–Kier alpha value is -2.20. The highest BCUT2D eigenvalue weighted by molar-refractivity contribution is 5.81. The van der Waals surface area contributed by atoms with Gasteiger partial charge in [0.25, 0.3) is 0 Å². The van der Waals surface area contributed by atoms with E-state index in [2.05, 4.69) is 51.1 Å². The fourth-order valence-electron chi connectivity index (χ4n) is 6.49. The lowest BCUT2D eigenvalue weighted by molar-refractivity contribution is -0.147. The van der Waals surface area contributed by atoms with Crippen molar-refractivity contribution in [1.29, 1.82) is 0 Å². The zero-order chi connectivity index (χ0) is 25.4. The molecule has 0 aliphatic heterocycles. The molecule has 0 bridgehead atoms. The number of carboxylic acids is 1. The molecule has 34 heavy (non-hydrogen) atoms. The number of benzene rings is 1. The zero-order valence-electron chi connectivity index (χ0n) is 21.9. The van der Waals surface area contributed by atoms with Crippen LogP contribution in [0.25, 0.3) is 6.08 Å². The molecule has 1 saturated carbocycles. The van der Waals surface area contributed by atoms with Crippen LogP contribution in [-0.2, 0) is 21.4 Å². The Kier molecular flexibility index (Phi) is 7.62. The topological polar surface area (TPSA) is 74.6 Å². The van der Waals surface area contributed by atoms with Crippen LogP contribution in [0.4, 0.5) is 0 Å². The van der Waals surface area contributed by atoms with E-state index in [0.717, 1.165) is 5.56 Å². The number of carboxylic acid groups (broad SMARTS) is 1. The van der Waals surface area contributed by atoms with Gasteiger partial charge < -0.3 is 10.2 Å². The van der Waals surface area contributed by atoms with E-state index in [1.54, 1.807) is 0 Å². The van der Waals surface area contributed by atoms with Crippen molar-refractivity contribution < 1.29 is 19.8 Å². The predicted molar refractivity (Wildman–Crippen MR) is 138 cm³/mol. The van der Waals surface area contributed by atoms with E-state index in [-0.39, 0.29) is 23.0 Å². The first-order valence-electron chi connectivity index (χ1n) is 12.7. The molecule has 1 aromatic rings. The van der Waals surface area contributed by atoms with Gasteiger partial charge in [0.1, 0.15) is 5.78 Å². The molecule has 1 aromatic carbocycles. The smallest absolute Gasteiger partial charge is 0.306 e. The first kappa shape index (κ1) is 26.4. The fourth-order valence-corrected chi connectivity index (χ4v) is 6.49. The SMILES string of the molecule is CC(C)=CCC[C@@H](C(=O)O)[C@H]1[C@H](O)C[C@@]2(C)c3ccc(C)c(CCC(=O)C(C)C)c3C=C[C@]12C. The second-order valence-electron chi connectivity index (χ2n) is 11.5. The molecular weight excluding hydrogens is 424 g/mol. The van der Waals surface area contributed by atoms with Gasteiger partial charge in [0.15, 0.2) is 0 Å². The summed E-state index contributed by atoms with van der Waals surface area (Å²) in [6, 6.07) is 4.29. The molecule has 2 N–H and O–H groups in total. The van der Waals surface area contributed by atoms with Crippen LogP contribution in [0.15, 0.2) is 29.9 Å². The lowest BCUT2D eigenvalue weighted by atomic mass is 9.55. The predicted octanol–water partition coefficient (Wildman–Crippen LogP) is 6.27. The van der Waals surface area contributed by atoms with Gasteiger partial charge in [0, 0.05) is 29.1 Å². The minimum absolute atomic E-state index is 0.0289. The third-order valence-electron chi connectivity index (χ3n) is 8.74. The molecule has 0 heterocycles. The van der Waals surface area contributed by atoms with Crippen LogP contribution < -0.4 is 0 Å². The Morgan fingerprint density at radius 1 is 1.21 bits per heavy atom. The number of carbonyl (C=O) groups excluding carboxylic acids is 1. The molecule has 0 aromatic heterocycles. The number of aliphatic hydroxyl groups is 1. The third-order valence-corrected chi connectivity index (χ3v) is 8.74. The van der Waals surface area contributed by atoms with Gasteiger partial charge in [-0.1, -0.05) is 63.6 Å². The van der Waals surface area contributed by atoms with Crippen LogP contribution in [0.2, 0.25) is 0 Å². The molecule has 4 nitrogen and oxygen atoms in total. The Bertz CT molecular complexity index is 1010. The summed E-state index contributed by atoms with van der Waals surface area (Å²) in [7, 11) is 0. The summed E-state index contributed by atoms with van der Waals surface area (Å²) in [5.41, 5.74) is 5.02. The van der Waals surface area contributed by atoms with E-state index in [1.807, 2.05) is 27.7 Å². The number of ketones is 1. The average Bonchev–Trinajstić information content (AvgIpc) is 2.95. The van der Waals surface area contributed by atoms with Crippen molar-refractivity contribution in [1.82, 2.24) is 0 Å². The number of aliphatic hydroxyl groups excluding tert-OH is 1. The summed E-state index contributed by atoms with van der Waals surface area (Å²) >= 11 is 0. The van der Waals surface area contributed by atoms with Crippen molar-refractivity contribution >= 4 is 17.8 Å². The van der Waals surface area contributed by atoms with Gasteiger partial charge in [-0.25, -0.2) is 0 Å². The van der Waals surface area contributed by atoms with Crippen molar-refractivity contribution in [3.63, 3.8) is 0 Å². The van der Waals surface area contributed by atoms with E-state index in [1.165, 1.54) is 22.3 Å². The number of aryl methyl sites for hydroxylation is 1. The molecule has 186 valence electrons. The number of hydrogen-bond acceptors (Lipinski definition) is 3. The maximum Gasteiger partial charge on any atom is 0.306 e. The van der Waals surface area contributed by atoms with Crippen LogP contribution in [0, 0.1) is 30.1 Å². The van der Waals surface area contributed by atoms with Gasteiger partial charge in [0.2, 0.25) is 0 Å². The third kappa shape index (κ3) is 4.54. The molecule has 3 rings (SSSR count). The molecule has 0 amide bonds. The summed E-state index contributed by atoms with van der Waals surface area (Å²) in [5.74, 6) is -1.51. The minimum Gasteiger partial charge on any atom is -0.481 e. The van der Waals surface area contributed by atoms with Gasteiger partial charge >= 0.3 is 5.97 Å². The Morgan fingerprint density at radius 3 is 2.47 bits per heavy atom. The van der Waals surface area contributed by atoms with Gasteiger partial charge in [-0.3, -0.25) is 9.59 Å². The van der Waals surface area contributed by atoms with Gasteiger partial charge in [0.05, 0.1) is 12.0 Å². The Morgan fingerprint density at radius 2 is 1.88 bits per heavy atom. The molecule has 2 aliphatic carbocycles. The van der Waals surface area contributed by atoms with Crippen LogP contribution in [0.5, 0.6) is 0 Å². The Labute approximate surface area is 205 Å². The summed E-state index contributed by atoms with van der Waals surface area (Å²) in [6.07, 6.45) is 8.67. The lowest BCUT2D eigenvalue weighted by Crippen LogP contribution is -2.45. The number of fused-ring (bicyclic) bond motifs is 3. The number of Topliss-reactive ketones (excluding diaryl/α,β-unsaturated/α-hetero) is 1. The Balaban J connectivity index is 2.02. The standard InChI is InChI=1S/C30H42O4/c1-18(2)9-8-10-23(28(33)34)27-26(32)17-30(7)24-13-11-20(5)21(12-14-25(31)19(3)4)22(24)15-16-29(27,30)6/h9,11,13,15-16,19,23,26-27,32H,8,10,12,14,17H2,1-7H3,(H,33,34)/t23-,26-,27+,29-,30+/m1/s1. The van der Waals surface area contributed by atoms with Crippen molar-refractivity contribution in [2.24, 2.45) is 23.2 Å². The van der Waals surface area contributed by atoms with Crippen molar-refractivity contribution in [3.8, 4) is 0 Å². The van der Waals surface area contributed by atoms with Gasteiger partial charge in [-0.2, -0.15) is 0 Å². The largest absolute Gasteiger partial charge is 0.481 e. The summed E-state index contributed by atoms with van der Waals surface area (Å²) in [6.45, 7) is 14.3. The second kappa shape index (κ2) is 9.81. The average molecular weight is 467 g/mol. The molecule has 0 spiro atoms. The maximum atomic E-state index is 12.4. The summed E-state index contributed by atoms with van der Waals surface area (Å²) in [4.78, 5) is 24.7. The van der Waals surface area contributed by atoms with Crippen LogP contribution in [-0.4, -0.2) is 28.1 Å². The molecule has 0 saturated heterocycles. The molecule has 0 radical (unpaired) electrons. The highest BCUT2D eigenvalue weighted by Gasteiger charge is 2.62. The summed E-state index contributed by atoms with van der Waals surface area (Å²) in [5, 5.41) is 21.5. The van der Waals surface area contributed by atoms with Crippen molar-refractivity contribution in [2.75, 3.05) is 0 Å². The highest BCUT2D eigenvalue weighted by atomic mass is 16.4.